The summed E-state index contributed by atoms with van der Waals surface area (Å²) in [5.74, 6) is 0. The van der Waals surface area contributed by atoms with Crippen LogP contribution in [0.15, 0.2) is 39.0 Å². The summed E-state index contributed by atoms with van der Waals surface area (Å²) < 4.78 is 28.1. The fourth-order valence-corrected chi connectivity index (χ4v) is 4.82. The van der Waals surface area contributed by atoms with Crippen LogP contribution in [-0.2, 0) is 23.0 Å². The van der Waals surface area contributed by atoms with Crippen molar-refractivity contribution in [3.63, 3.8) is 0 Å². The molecular weight excluding hydrogens is 396 g/mol. The Hall–Kier alpha value is -0.440. The summed E-state index contributed by atoms with van der Waals surface area (Å²) in [5.41, 5.74) is 6.25. The summed E-state index contributed by atoms with van der Waals surface area (Å²) in [7, 11) is -3.63. The molecule has 0 aliphatic carbocycles. The zero-order chi connectivity index (χ0) is 15.5. The van der Waals surface area contributed by atoms with Gasteiger partial charge in [0.05, 0.1) is 8.81 Å². The highest BCUT2D eigenvalue weighted by atomic mass is 79.9. The number of hydrogen-bond acceptors (Lipinski definition) is 4. The average molecular weight is 410 g/mol. The fourth-order valence-electron chi connectivity index (χ4n) is 1.75. The molecule has 0 atom stereocenters. The number of hydrogen-bond donors (Lipinski definition) is 2. The van der Waals surface area contributed by atoms with E-state index in [9.17, 15) is 8.42 Å². The Bertz CT molecular complexity index is 732. The van der Waals surface area contributed by atoms with Crippen LogP contribution in [0, 0.1) is 0 Å². The van der Waals surface area contributed by atoms with Gasteiger partial charge >= 0.3 is 0 Å². The van der Waals surface area contributed by atoms with Gasteiger partial charge in [-0.15, -0.1) is 11.3 Å². The summed E-state index contributed by atoms with van der Waals surface area (Å²) in [6.45, 7) is 0.585. The highest BCUT2D eigenvalue weighted by Gasteiger charge is 2.18. The molecule has 0 saturated heterocycles. The second kappa shape index (κ2) is 7.21. The van der Waals surface area contributed by atoms with Crippen molar-refractivity contribution in [3.8, 4) is 0 Å². The topological polar surface area (TPSA) is 72.2 Å². The number of sulfonamides is 1. The molecule has 0 fully saturated rings. The van der Waals surface area contributed by atoms with Gasteiger partial charge in [-0.3, -0.25) is 0 Å². The van der Waals surface area contributed by atoms with Crippen molar-refractivity contribution in [2.75, 3.05) is 6.54 Å². The van der Waals surface area contributed by atoms with Crippen molar-refractivity contribution < 1.29 is 8.42 Å². The van der Waals surface area contributed by atoms with Crippen LogP contribution in [0.4, 0.5) is 0 Å². The molecule has 0 unspecified atom stereocenters. The average Bonchev–Trinajstić information content (AvgIpc) is 2.84. The van der Waals surface area contributed by atoms with Crippen molar-refractivity contribution in [3.05, 3.63) is 49.6 Å². The summed E-state index contributed by atoms with van der Waals surface area (Å²) in [6.07, 6.45) is 0.629. The summed E-state index contributed by atoms with van der Waals surface area (Å²) in [6, 6.07) is 8.67. The predicted molar refractivity (Wildman–Crippen MR) is 90.3 cm³/mol. The van der Waals surface area contributed by atoms with E-state index in [4.69, 9.17) is 17.3 Å². The molecule has 0 spiro atoms. The number of rotatable bonds is 6. The summed E-state index contributed by atoms with van der Waals surface area (Å²) >= 11 is 10.9. The van der Waals surface area contributed by atoms with Crippen LogP contribution in [0.5, 0.6) is 0 Å². The molecule has 21 heavy (non-hydrogen) atoms. The first-order valence-electron chi connectivity index (χ1n) is 6.15. The fraction of sp³-hybridized carbons (Fsp3) is 0.231. The van der Waals surface area contributed by atoms with Gasteiger partial charge in [0.15, 0.2) is 0 Å². The van der Waals surface area contributed by atoms with E-state index in [0.29, 0.717) is 13.0 Å². The Morgan fingerprint density at radius 1 is 1.29 bits per heavy atom. The van der Waals surface area contributed by atoms with Gasteiger partial charge in [0, 0.05) is 18.0 Å². The van der Waals surface area contributed by atoms with E-state index in [1.807, 2.05) is 12.1 Å². The van der Waals surface area contributed by atoms with Crippen LogP contribution in [0.2, 0.25) is 5.02 Å². The van der Waals surface area contributed by atoms with Gasteiger partial charge in [-0.2, -0.15) is 0 Å². The molecule has 0 aliphatic rings. The van der Waals surface area contributed by atoms with Gasteiger partial charge < -0.3 is 5.73 Å². The van der Waals surface area contributed by atoms with Gasteiger partial charge in [0.2, 0.25) is 10.0 Å². The molecule has 3 N–H and O–H groups in total. The van der Waals surface area contributed by atoms with E-state index in [2.05, 4.69) is 20.7 Å². The van der Waals surface area contributed by atoms with Crippen molar-refractivity contribution in [1.82, 2.24) is 4.72 Å². The molecule has 2 aromatic rings. The van der Waals surface area contributed by atoms with Gasteiger partial charge in [-0.05, 0) is 52.2 Å². The maximum atomic E-state index is 12.3. The Balaban J connectivity index is 2.07. The third-order valence-electron chi connectivity index (χ3n) is 2.81. The quantitative estimate of drug-likeness (QED) is 0.770. The van der Waals surface area contributed by atoms with E-state index in [1.165, 1.54) is 6.07 Å². The number of nitrogens with two attached hydrogens (primary N) is 1. The van der Waals surface area contributed by atoms with Crippen molar-refractivity contribution >= 4 is 48.9 Å². The maximum absolute atomic E-state index is 12.3. The summed E-state index contributed by atoms with van der Waals surface area (Å²) in [5, 5.41) is 0.193. The SMILES string of the molecule is NCc1ccc(Cl)c(S(=O)(=O)NCCc2ccc(Br)s2)c1. The highest BCUT2D eigenvalue weighted by molar-refractivity contribution is 9.11. The van der Waals surface area contributed by atoms with E-state index >= 15 is 0 Å². The molecule has 2 rings (SSSR count). The maximum Gasteiger partial charge on any atom is 0.242 e. The minimum Gasteiger partial charge on any atom is -0.326 e. The van der Waals surface area contributed by atoms with Crippen molar-refractivity contribution in [2.45, 2.75) is 17.9 Å². The van der Waals surface area contributed by atoms with Gasteiger partial charge in [0.25, 0.3) is 0 Å². The molecule has 0 aliphatic heterocycles. The van der Waals surface area contributed by atoms with Crippen LogP contribution in [0.25, 0.3) is 0 Å². The van der Waals surface area contributed by atoms with Crippen LogP contribution in [-0.4, -0.2) is 15.0 Å². The summed E-state index contributed by atoms with van der Waals surface area (Å²) in [4.78, 5) is 1.17. The first-order valence-corrected chi connectivity index (χ1v) is 9.62. The molecule has 0 amide bonds. The van der Waals surface area contributed by atoms with Gasteiger partial charge in [-0.1, -0.05) is 17.7 Å². The van der Waals surface area contributed by atoms with E-state index in [0.717, 1.165) is 14.2 Å². The lowest BCUT2D eigenvalue weighted by Gasteiger charge is -2.09. The number of nitrogens with one attached hydrogen (secondary N) is 1. The van der Waals surface area contributed by atoms with Crippen LogP contribution >= 0.6 is 38.9 Å². The second-order valence-corrected chi connectivity index (χ2v) is 9.01. The Morgan fingerprint density at radius 3 is 2.67 bits per heavy atom. The molecule has 1 aromatic heterocycles. The van der Waals surface area contributed by atoms with Crippen LogP contribution in [0.3, 0.4) is 0 Å². The molecule has 1 aromatic carbocycles. The van der Waals surface area contributed by atoms with Crippen LogP contribution in [0.1, 0.15) is 10.4 Å². The molecule has 8 heteroatoms. The van der Waals surface area contributed by atoms with Crippen LogP contribution < -0.4 is 10.5 Å². The zero-order valence-corrected chi connectivity index (χ0v) is 14.9. The predicted octanol–water partition coefficient (Wildman–Crippen LogP) is 3.14. The number of benzene rings is 1. The lowest BCUT2D eigenvalue weighted by atomic mass is 10.2. The molecule has 0 saturated carbocycles. The first-order chi connectivity index (χ1) is 9.92. The Labute approximate surface area is 141 Å². The zero-order valence-electron chi connectivity index (χ0n) is 11.0. The molecule has 0 radical (unpaired) electrons. The number of halogens is 2. The number of thiophene rings is 1. The largest absolute Gasteiger partial charge is 0.326 e. The van der Waals surface area contributed by atoms with Gasteiger partial charge in [-0.25, -0.2) is 13.1 Å². The molecular formula is C13H14BrClN2O2S2. The first kappa shape index (κ1) is 16.9. The lowest BCUT2D eigenvalue weighted by molar-refractivity contribution is 0.582. The molecule has 1 heterocycles. The Kier molecular flexibility index (Phi) is 5.81. The van der Waals surface area contributed by atoms with E-state index in [1.54, 1.807) is 23.5 Å². The third-order valence-corrected chi connectivity index (χ3v) is 6.44. The standard InChI is InChI=1S/C13H14BrClN2O2S2/c14-13-4-2-10(20-13)5-6-17-21(18,19)12-7-9(8-16)1-3-11(12)15/h1-4,7,17H,5-6,8,16H2. The highest BCUT2D eigenvalue weighted by Crippen LogP contribution is 2.24. The minimum atomic E-state index is -3.63. The Morgan fingerprint density at radius 2 is 2.05 bits per heavy atom. The lowest BCUT2D eigenvalue weighted by Crippen LogP contribution is -2.26. The minimum absolute atomic E-state index is 0.0690. The van der Waals surface area contributed by atoms with Gasteiger partial charge in [0.1, 0.15) is 4.90 Å². The second-order valence-electron chi connectivity index (χ2n) is 4.32. The molecule has 0 bridgehead atoms. The van der Waals surface area contributed by atoms with E-state index < -0.39 is 10.0 Å². The monoisotopic (exact) mass is 408 g/mol. The normalized spacial score (nSPS) is 11.8. The molecule has 114 valence electrons. The van der Waals surface area contributed by atoms with E-state index in [-0.39, 0.29) is 16.5 Å². The smallest absolute Gasteiger partial charge is 0.242 e. The third kappa shape index (κ3) is 4.51. The van der Waals surface area contributed by atoms with Crippen molar-refractivity contribution in [2.24, 2.45) is 5.73 Å². The molecule has 4 nitrogen and oxygen atoms in total. The van der Waals surface area contributed by atoms with Crippen molar-refractivity contribution in [1.29, 1.82) is 0 Å².